The molecule has 0 aliphatic heterocycles. The van der Waals surface area contributed by atoms with Crippen molar-refractivity contribution in [3.63, 3.8) is 0 Å². The zero-order valence-corrected chi connectivity index (χ0v) is 9.27. The van der Waals surface area contributed by atoms with Crippen LogP contribution in [0.4, 0.5) is 4.39 Å². The standard InChI is InChI=1S/C13H14FNO2/c14-11-3-1-9(2-4-11)12-5-6-13(17-12)10(7-15)8-16/h1-6,10,16H,7-8,15H2. The Labute approximate surface area is 98.7 Å². The Hall–Kier alpha value is -1.65. The Kier molecular flexibility index (Phi) is 3.56. The highest BCUT2D eigenvalue weighted by molar-refractivity contribution is 5.57. The molecule has 1 heterocycles. The lowest BCUT2D eigenvalue weighted by Gasteiger charge is -2.07. The topological polar surface area (TPSA) is 59.4 Å². The lowest BCUT2D eigenvalue weighted by atomic mass is 10.1. The van der Waals surface area contributed by atoms with Crippen molar-refractivity contribution in [1.29, 1.82) is 0 Å². The number of aliphatic hydroxyl groups excluding tert-OH is 1. The minimum absolute atomic E-state index is 0.0487. The summed E-state index contributed by atoms with van der Waals surface area (Å²) >= 11 is 0. The van der Waals surface area contributed by atoms with Crippen molar-refractivity contribution in [2.24, 2.45) is 5.73 Å². The van der Waals surface area contributed by atoms with Crippen LogP contribution < -0.4 is 5.73 Å². The van der Waals surface area contributed by atoms with Gasteiger partial charge in [0.1, 0.15) is 17.3 Å². The van der Waals surface area contributed by atoms with Gasteiger partial charge in [-0.1, -0.05) is 0 Å². The third-order valence-corrected chi connectivity index (χ3v) is 2.66. The van der Waals surface area contributed by atoms with E-state index in [0.717, 1.165) is 5.56 Å². The van der Waals surface area contributed by atoms with Crippen molar-refractivity contribution in [1.82, 2.24) is 0 Å². The molecule has 17 heavy (non-hydrogen) atoms. The van der Waals surface area contributed by atoms with Gasteiger partial charge < -0.3 is 15.3 Å². The molecule has 1 atom stereocenters. The van der Waals surface area contributed by atoms with Gasteiger partial charge in [0, 0.05) is 12.1 Å². The van der Waals surface area contributed by atoms with Gasteiger partial charge in [0.05, 0.1) is 12.5 Å². The Morgan fingerprint density at radius 2 is 1.88 bits per heavy atom. The first-order chi connectivity index (χ1) is 8.24. The molecular formula is C13H14FNO2. The summed E-state index contributed by atoms with van der Waals surface area (Å²) in [6, 6.07) is 9.63. The van der Waals surface area contributed by atoms with E-state index < -0.39 is 0 Å². The SMILES string of the molecule is NCC(CO)c1ccc(-c2ccc(F)cc2)o1. The van der Waals surface area contributed by atoms with E-state index in [0.29, 0.717) is 18.1 Å². The fourth-order valence-electron chi connectivity index (χ4n) is 1.62. The molecule has 4 heteroatoms. The molecule has 3 nitrogen and oxygen atoms in total. The molecule has 0 aliphatic carbocycles. The highest BCUT2D eigenvalue weighted by atomic mass is 19.1. The Morgan fingerprint density at radius 3 is 2.47 bits per heavy atom. The van der Waals surface area contributed by atoms with E-state index in [4.69, 9.17) is 15.3 Å². The first kappa shape index (κ1) is 11.8. The maximum Gasteiger partial charge on any atom is 0.134 e. The van der Waals surface area contributed by atoms with Gasteiger partial charge in [0.2, 0.25) is 0 Å². The summed E-state index contributed by atoms with van der Waals surface area (Å²) in [5, 5.41) is 9.11. The van der Waals surface area contributed by atoms with Gasteiger partial charge in [-0.25, -0.2) is 4.39 Å². The molecule has 3 N–H and O–H groups in total. The number of hydrogen-bond donors (Lipinski definition) is 2. The van der Waals surface area contributed by atoms with E-state index in [1.54, 1.807) is 24.3 Å². The van der Waals surface area contributed by atoms with Gasteiger partial charge >= 0.3 is 0 Å². The average Bonchev–Trinajstić information content (AvgIpc) is 2.81. The van der Waals surface area contributed by atoms with Gasteiger partial charge in [0.25, 0.3) is 0 Å². The normalized spacial score (nSPS) is 12.6. The zero-order chi connectivity index (χ0) is 12.3. The van der Waals surface area contributed by atoms with E-state index in [1.807, 2.05) is 0 Å². The maximum absolute atomic E-state index is 12.8. The number of hydrogen-bond acceptors (Lipinski definition) is 3. The summed E-state index contributed by atoms with van der Waals surface area (Å²) in [5.41, 5.74) is 6.31. The van der Waals surface area contributed by atoms with Crippen molar-refractivity contribution in [3.8, 4) is 11.3 Å². The highest BCUT2D eigenvalue weighted by Gasteiger charge is 2.13. The second kappa shape index (κ2) is 5.12. The average molecular weight is 235 g/mol. The summed E-state index contributed by atoms with van der Waals surface area (Å²) in [5.74, 6) is 0.821. The van der Waals surface area contributed by atoms with E-state index in [2.05, 4.69) is 0 Å². The first-order valence-electron chi connectivity index (χ1n) is 5.41. The van der Waals surface area contributed by atoms with E-state index >= 15 is 0 Å². The van der Waals surface area contributed by atoms with Crippen LogP contribution >= 0.6 is 0 Å². The third-order valence-electron chi connectivity index (χ3n) is 2.66. The molecule has 1 aromatic heterocycles. The van der Waals surface area contributed by atoms with Crippen LogP contribution in [-0.2, 0) is 0 Å². The summed E-state index contributed by atoms with van der Waals surface area (Å²) in [7, 11) is 0. The van der Waals surface area contributed by atoms with Crippen LogP contribution in [0, 0.1) is 5.82 Å². The van der Waals surface area contributed by atoms with Crippen molar-refractivity contribution in [3.05, 3.63) is 48.0 Å². The van der Waals surface area contributed by atoms with Crippen LogP contribution in [0.1, 0.15) is 11.7 Å². The van der Waals surface area contributed by atoms with Crippen LogP contribution in [0.25, 0.3) is 11.3 Å². The Balaban J connectivity index is 2.26. The Bertz CT molecular complexity index is 474. The van der Waals surface area contributed by atoms with Gasteiger partial charge in [0.15, 0.2) is 0 Å². The number of benzene rings is 1. The van der Waals surface area contributed by atoms with Crippen molar-refractivity contribution in [2.75, 3.05) is 13.2 Å². The molecule has 2 aromatic rings. The van der Waals surface area contributed by atoms with Crippen LogP contribution in [0.15, 0.2) is 40.8 Å². The summed E-state index contributed by atoms with van der Waals surface area (Å²) in [6.07, 6.45) is 0. The molecular weight excluding hydrogens is 221 g/mol. The van der Waals surface area contributed by atoms with Crippen LogP contribution in [0.5, 0.6) is 0 Å². The van der Waals surface area contributed by atoms with Crippen LogP contribution in [0.3, 0.4) is 0 Å². The largest absolute Gasteiger partial charge is 0.461 e. The first-order valence-corrected chi connectivity index (χ1v) is 5.41. The Morgan fingerprint density at radius 1 is 1.18 bits per heavy atom. The number of furan rings is 1. The molecule has 2 rings (SSSR count). The molecule has 90 valence electrons. The smallest absolute Gasteiger partial charge is 0.134 e. The van der Waals surface area contributed by atoms with Crippen LogP contribution in [-0.4, -0.2) is 18.3 Å². The predicted molar refractivity (Wildman–Crippen MR) is 63.0 cm³/mol. The molecule has 1 aromatic carbocycles. The predicted octanol–water partition coefficient (Wildman–Crippen LogP) is 2.12. The van der Waals surface area contributed by atoms with Crippen molar-refractivity contribution in [2.45, 2.75) is 5.92 Å². The molecule has 0 spiro atoms. The molecule has 0 saturated heterocycles. The minimum atomic E-state index is -0.282. The highest BCUT2D eigenvalue weighted by Crippen LogP contribution is 2.25. The second-order valence-electron chi connectivity index (χ2n) is 3.82. The fourth-order valence-corrected chi connectivity index (χ4v) is 1.62. The summed E-state index contributed by atoms with van der Waals surface area (Å²) < 4.78 is 18.4. The number of nitrogens with two attached hydrogens (primary N) is 1. The molecule has 0 radical (unpaired) electrons. The maximum atomic E-state index is 12.8. The van der Waals surface area contributed by atoms with Gasteiger partial charge in [-0.3, -0.25) is 0 Å². The molecule has 0 fully saturated rings. The van der Waals surface area contributed by atoms with E-state index in [9.17, 15) is 4.39 Å². The van der Waals surface area contributed by atoms with E-state index in [1.165, 1.54) is 12.1 Å². The zero-order valence-electron chi connectivity index (χ0n) is 9.27. The minimum Gasteiger partial charge on any atom is -0.461 e. The van der Waals surface area contributed by atoms with Gasteiger partial charge in [-0.05, 0) is 36.4 Å². The molecule has 0 amide bonds. The molecule has 0 aliphatic rings. The quantitative estimate of drug-likeness (QED) is 0.853. The number of rotatable bonds is 4. The molecule has 0 bridgehead atoms. The molecule has 0 saturated carbocycles. The van der Waals surface area contributed by atoms with Gasteiger partial charge in [-0.15, -0.1) is 0 Å². The lowest BCUT2D eigenvalue weighted by molar-refractivity contribution is 0.252. The lowest BCUT2D eigenvalue weighted by Crippen LogP contribution is -2.15. The number of aliphatic hydroxyl groups is 1. The fraction of sp³-hybridized carbons (Fsp3) is 0.231. The van der Waals surface area contributed by atoms with Gasteiger partial charge in [-0.2, -0.15) is 0 Å². The van der Waals surface area contributed by atoms with E-state index in [-0.39, 0.29) is 18.3 Å². The second-order valence-corrected chi connectivity index (χ2v) is 3.82. The van der Waals surface area contributed by atoms with Crippen molar-refractivity contribution >= 4 is 0 Å². The number of halogens is 1. The van der Waals surface area contributed by atoms with Crippen molar-refractivity contribution < 1.29 is 13.9 Å². The summed E-state index contributed by atoms with van der Waals surface area (Å²) in [4.78, 5) is 0. The van der Waals surface area contributed by atoms with Crippen LogP contribution in [0.2, 0.25) is 0 Å². The monoisotopic (exact) mass is 235 g/mol. The molecule has 1 unspecified atom stereocenters. The third kappa shape index (κ3) is 2.54. The summed E-state index contributed by atoms with van der Waals surface area (Å²) in [6.45, 7) is 0.278.